The maximum Gasteiger partial charge on any atom is 0.244 e. The van der Waals surface area contributed by atoms with Crippen LogP contribution in [-0.4, -0.2) is 39.9 Å². The second-order valence-corrected chi connectivity index (χ2v) is 6.29. The Kier molecular flexibility index (Phi) is 5.19. The Bertz CT molecular complexity index is 577. The van der Waals surface area contributed by atoms with Crippen LogP contribution in [0.1, 0.15) is 13.3 Å². The van der Waals surface area contributed by atoms with E-state index in [-0.39, 0.29) is 23.6 Å². The molecule has 5 nitrogen and oxygen atoms in total. The van der Waals surface area contributed by atoms with Crippen molar-refractivity contribution in [3.8, 4) is 5.75 Å². The number of thioether (sulfide) groups is 1. The Labute approximate surface area is 133 Å². The molecular weight excluding hydrogens is 308 g/mol. The monoisotopic (exact) mass is 324 g/mol. The highest BCUT2D eigenvalue weighted by Crippen LogP contribution is 2.29. The molecule has 0 saturated carbocycles. The number of ether oxygens (including phenoxy) is 1. The number of benzene rings is 1. The lowest BCUT2D eigenvalue weighted by atomic mass is 10.3. The van der Waals surface area contributed by atoms with Gasteiger partial charge < -0.3 is 10.1 Å². The smallest absolute Gasteiger partial charge is 0.244 e. The number of anilines is 1. The topological polar surface area (TPSA) is 58.6 Å². The molecule has 1 atom stereocenters. The lowest BCUT2D eigenvalue weighted by Gasteiger charge is -2.16. The molecule has 1 unspecified atom stereocenters. The van der Waals surface area contributed by atoms with Crippen molar-refractivity contribution in [3.05, 3.63) is 24.3 Å². The van der Waals surface area contributed by atoms with Gasteiger partial charge >= 0.3 is 0 Å². The van der Waals surface area contributed by atoms with Crippen LogP contribution in [0.2, 0.25) is 0 Å². The molecule has 7 heteroatoms. The normalized spacial score (nSPS) is 18.0. The van der Waals surface area contributed by atoms with E-state index in [1.54, 1.807) is 18.2 Å². The molecule has 1 aromatic rings. The Morgan fingerprint density at radius 3 is 2.81 bits per heavy atom. The zero-order valence-electron chi connectivity index (χ0n) is 11.8. The van der Waals surface area contributed by atoms with Crippen LogP contribution >= 0.6 is 24.0 Å². The predicted octanol–water partition coefficient (Wildman–Crippen LogP) is 2.27. The van der Waals surface area contributed by atoms with Gasteiger partial charge in [-0.2, -0.15) is 0 Å². The number of amides is 2. The van der Waals surface area contributed by atoms with Crippen molar-refractivity contribution < 1.29 is 14.3 Å². The van der Waals surface area contributed by atoms with Crippen molar-refractivity contribution in [1.82, 2.24) is 4.90 Å². The minimum Gasteiger partial charge on any atom is -0.495 e. The summed E-state index contributed by atoms with van der Waals surface area (Å²) in [5.74, 6) is 0.178. The van der Waals surface area contributed by atoms with Crippen molar-refractivity contribution >= 4 is 45.8 Å². The molecular formula is C14H16N2O3S2. The molecule has 1 saturated heterocycles. The predicted molar refractivity (Wildman–Crippen MR) is 87.6 cm³/mol. The van der Waals surface area contributed by atoms with E-state index in [0.717, 1.165) is 0 Å². The number of nitrogens with zero attached hydrogens (tertiary/aromatic N) is 1. The van der Waals surface area contributed by atoms with Crippen LogP contribution in [-0.2, 0) is 9.59 Å². The zero-order chi connectivity index (χ0) is 15.4. The fourth-order valence-corrected chi connectivity index (χ4v) is 3.40. The molecule has 1 fully saturated rings. The number of carbonyl (C=O) groups excluding carboxylic acids is 2. The maximum atomic E-state index is 12.1. The van der Waals surface area contributed by atoms with E-state index in [4.69, 9.17) is 17.0 Å². The van der Waals surface area contributed by atoms with Crippen molar-refractivity contribution in [2.75, 3.05) is 19.0 Å². The summed E-state index contributed by atoms with van der Waals surface area (Å²) in [4.78, 5) is 25.5. The summed E-state index contributed by atoms with van der Waals surface area (Å²) in [5, 5.41) is 2.57. The van der Waals surface area contributed by atoms with E-state index >= 15 is 0 Å². The molecule has 0 spiro atoms. The van der Waals surface area contributed by atoms with Gasteiger partial charge in [-0.25, -0.2) is 0 Å². The maximum absolute atomic E-state index is 12.1. The Morgan fingerprint density at radius 1 is 1.48 bits per heavy atom. The third-order valence-corrected chi connectivity index (χ3v) is 4.81. The van der Waals surface area contributed by atoms with Gasteiger partial charge in [0.25, 0.3) is 0 Å². The molecule has 0 aromatic heterocycles. The number of hydrogen-bond acceptors (Lipinski definition) is 5. The highest BCUT2D eigenvalue weighted by Gasteiger charge is 2.36. The van der Waals surface area contributed by atoms with E-state index in [2.05, 4.69) is 5.32 Å². The van der Waals surface area contributed by atoms with Gasteiger partial charge in [-0.15, -0.1) is 0 Å². The fourth-order valence-electron chi connectivity index (χ4n) is 1.98. The number of nitrogens with one attached hydrogen (secondary N) is 1. The van der Waals surface area contributed by atoms with Gasteiger partial charge in [0.1, 0.15) is 16.6 Å². The van der Waals surface area contributed by atoms with Crippen LogP contribution in [0.25, 0.3) is 0 Å². The lowest BCUT2D eigenvalue weighted by Crippen LogP contribution is -2.38. The van der Waals surface area contributed by atoms with E-state index in [9.17, 15) is 9.59 Å². The molecule has 0 radical (unpaired) electrons. The molecule has 1 aromatic carbocycles. The molecule has 1 heterocycles. The number of thiocarbonyl (C=S) groups is 1. The molecule has 112 valence electrons. The summed E-state index contributed by atoms with van der Waals surface area (Å²) < 4.78 is 5.63. The molecule has 1 N–H and O–H groups in total. The van der Waals surface area contributed by atoms with E-state index in [1.807, 2.05) is 13.0 Å². The first-order chi connectivity index (χ1) is 10.1. The molecule has 0 aliphatic carbocycles. The Hall–Kier alpha value is -1.60. The number of carbonyl (C=O) groups is 2. The summed E-state index contributed by atoms with van der Waals surface area (Å²) >= 11 is 6.50. The standard InChI is InChI=1S/C14H16N2O3S2/c1-3-11-13(18)16(14(20)21-11)8-12(17)15-9-6-4-5-7-10(9)19-2/h4-7,11H,3,8H2,1-2H3,(H,15,17). The van der Waals surface area contributed by atoms with E-state index in [1.165, 1.54) is 23.8 Å². The average Bonchev–Trinajstić information content (AvgIpc) is 2.75. The van der Waals surface area contributed by atoms with Gasteiger partial charge in [0, 0.05) is 0 Å². The molecule has 0 bridgehead atoms. The largest absolute Gasteiger partial charge is 0.495 e. The zero-order valence-corrected chi connectivity index (χ0v) is 13.4. The van der Waals surface area contributed by atoms with Gasteiger partial charge in [0.2, 0.25) is 11.8 Å². The summed E-state index contributed by atoms with van der Waals surface area (Å²) in [6.45, 7) is 1.86. The quantitative estimate of drug-likeness (QED) is 0.842. The first kappa shape index (κ1) is 15.8. The van der Waals surface area contributed by atoms with Gasteiger partial charge in [-0.05, 0) is 18.6 Å². The van der Waals surface area contributed by atoms with Gasteiger partial charge in [-0.3, -0.25) is 14.5 Å². The summed E-state index contributed by atoms with van der Waals surface area (Å²) in [6, 6.07) is 7.11. The highest BCUT2D eigenvalue weighted by molar-refractivity contribution is 8.24. The van der Waals surface area contributed by atoms with Crippen LogP contribution in [0, 0.1) is 0 Å². The van der Waals surface area contributed by atoms with Crippen LogP contribution in [0.4, 0.5) is 5.69 Å². The second kappa shape index (κ2) is 6.91. The second-order valence-electron chi connectivity index (χ2n) is 4.45. The van der Waals surface area contributed by atoms with Crippen LogP contribution in [0.15, 0.2) is 24.3 Å². The van der Waals surface area contributed by atoms with E-state index < -0.39 is 0 Å². The lowest BCUT2D eigenvalue weighted by molar-refractivity contribution is -0.129. The number of para-hydroxylation sites is 2. The third-order valence-electron chi connectivity index (χ3n) is 3.06. The van der Waals surface area contributed by atoms with Gasteiger partial charge in [0.15, 0.2) is 0 Å². The van der Waals surface area contributed by atoms with Crippen LogP contribution < -0.4 is 10.1 Å². The number of hydrogen-bond donors (Lipinski definition) is 1. The Balaban J connectivity index is 2.02. The van der Waals surface area contributed by atoms with Crippen molar-refractivity contribution in [3.63, 3.8) is 0 Å². The number of methoxy groups -OCH3 is 1. The third kappa shape index (κ3) is 3.54. The van der Waals surface area contributed by atoms with Gasteiger partial charge in [-0.1, -0.05) is 43.0 Å². The SMILES string of the molecule is CCC1SC(=S)N(CC(=O)Nc2ccccc2OC)C1=O. The van der Waals surface area contributed by atoms with Crippen LogP contribution in [0.3, 0.4) is 0 Å². The van der Waals surface area contributed by atoms with Crippen LogP contribution in [0.5, 0.6) is 5.75 Å². The van der Waals surface area contributed by atoms with E-state index in [0.29, 0.717) is 22.2 Å². The minimum absolute atomic E-state index is 0.0702. The fraction of sp³-hybridized carbons (Fsp3) is 0.357. The minimum atomic E-state index is -0.299. The van der Waals surface area contributed by atoms with Crippen molar-refractivity contribution in [2.45, 2.75) is 18.6 Å². The average molecular weight is 324 g/mol. The van der Waals surface area contributed by atoms with Gasteiger partial charge in [0.05, 0.1) is 18.0 Å². The first-order valence-electron chi connectivity index (χ1n) is 6.51. The summed E-state index contributed by atoms with van der Waals surface area (Å²) in [5.41, 5.74) is 0.572. The number of rotatable bonds is 5. The molecule has 1 aliphatic heterocycles. The first-order valence-corrected chi connectivity index (χ1v) is 7.80. The molecule has 2 amide bonds. The summed E-state index contributed by atoms with van der Waals surface area (Å²) in [6.07, 6.45) is 0.703. The molecule has 2 rings (SSSR count). The molecule has 21 heavy (non-hydrogen) atoms. The summed E-state index contributed by atoms with van der Waals surface area (Å²) in [7, 11) is 1.53. The van der Waals surface area contributed by atoms with Crippen molar-refractivity contribution in [2.24, 2.45) is 0 Å². The molecule has 1 aliphatic rings. The highest BCUT2D eigenvalue weighted by atomic mass is 32.2. The van der Waals surface area contributed by atoms with Crippen molar-refractivity contribution in [1.29, 1.82) is 0 Å². The Morgan fingerprint density at radius 2 is 2.19 bits per heavy atom.